The molecule has 0 rings (SSSR count). The Labute approximate surface area is 84.4 Å². The first kappa shape index (κ1) is 12.1. The van der Waals surface area contributed by atoms with Crippen molar-refractivity contribution >= 4 is 54.9 Å². The molecule has 11 heavy (non-hydrogen) atoms. The normalized spacial score (nSPS) is 18.4. The lowest BCUT2D eigenvalue weighted by Gasteiger charge is -2.24. The van der Waals surface area contributed by atoms with Gasteiger partial charge >= 0.3 is 0 Å². The summed E-state index contributed by atoms with van der Waals surface area (Å²) in [5.74, 6) is 0. The minimum absolute atomic E-state index is 0.417. The Kier molecular flexibility index (Phi) is 4.28. The molecular weight excluding hydrogens is 255 g/mol. The maximum absolute atomic E-state index is 10.9. The molecule has 4 nitrogen and oxygen atoms in total. The van der Waals surface area contributed by atoms with Gasteiger partial charge in [0, 0.05) is 11.2 Å². The fourth-order valence-electron chi connectivity index (χ4n) is 0.352. The number of hydrogen-bond acceptors (Lipinski definition) is 3. The van der Waals surface area contributed by atoms with E-state index in [0.717, 1.165) is 7.11 Å². The minimum Gasteiger partial charge on any atom is -0.285 e. The highest BCUT2D eigenvalue weighted by Gasteiger charge is 2.36. The predicted octanol–water partition coefficient (Wildman–Crippen LogP) is 0.713. The first-order valence-electron chi connectivity index (χ1n) is 2.13. The van der Waals surface area contributed by atoms with Gasteiger partial charge in [-0.25, -0.2) is 9.35 Å². The van der Waals surface area contributed by atoms with Crippen molar-refractivity contribution in [2.24, 2.45) is 5.14 Å². The number of alkyl halides is 3. The van der Waals surface area contributed by atoms with Gasteiger partial charge in [-0.1, -0.05) is 34.8 Å². The van der Waals surface area contributed by atoms with Gasteiger partial charge in [-0.3, -0.25) is 4.84 Å². The Morgan fingerprint density at radius 2 is 2.00 bits per heavy atom. The molecule has 0 saturated heterocycles. The molecular formula is C2H5Cl3N2O2S2. The van der Waals surface area contributed by atoms with Gasteiger partial charge in [0.25, 0.3) is 3.92 Å². The largest absolute Gasteiger partial charge is 0.285 e. The van der Waals surface area contributed by atoms with E-state index in [-0.39, 0.29) is 0 Å². The van der Waals surface area contributed by atoms with Crippen molar-refractivity contribution in [1.29, 1.82) is 0 Å². The van der Waals surface area contributed by atoms with Crippen LogP contribution in [-0.2, 0) is 24.9 Å². The fourth-order valence-corrected chi connectivity index (χ4v) is 2.86. The number of hydrogen-bond donors (Lipinski definition) is 1. The molecule has 0 saturated carbocycles. The standard InChI is InChI=1S/C2H5Cl3N2O2S2/c1-9-7(2(3,4)5)11(6,8)10/h1H3,(H2,6,8,10). The van der Waals surface area contributed by atoms with Gasteiger partial charge in [0.05, 0.1) is 7.11 Å². The Balaban J connectivity index is 4.72. The quantitative estimate of drug-likeness (QED) is 0.451. The van der Waals surface area contributed by atoms with Crippen LogP contribution >= 0.6 is 34.8 Å². The number of rotatable bonds is 2. The van der Waals surface area contributed by atoms with Gasteiger partial charge in [-0.05, 0) is 4.47 Å². The zero-order valence-corrected chi connectivity index (χ0v) is 9.19. The molecule has 0 spiro atoms. The van der Waals surface area contributed by atoms with Crippen LogP contribution in [-0.4, -0.2) is 19.7 Å². The lowest BCUT2D eigenvalue weighted by Crippen LogP contribution is -2.42. The van der Waals surface area contributed by atoms with Crippen LogP contribution in [0.5, 0.6) is 0 Å². The van der Waals surface area contributed by atoms with Crippen LogP contribution in [0.25, 0.3) is 0 Å². The van der Waals surface area contributed by atoms with Crippen molar-refractivity contribution in [2.45, 2.75) is 3.92 Å². The average Bonchev–Trinajstić information content (AvgIpc) is 1.56. The molecule has 0 heterocycles. The summed E-state index contributed by atoms with van der Waals surface area (Å²) in [6.45, 7) is 0. The van der Waals surface area contributed by atoms with Crippen LogP contribution in [0.15, 0.2) is 0 Å². The molecule has 9 heteroatoms. The summed E-state index contributed by atoms with van der Waals surface area (Å²) in [7, 11) is -2.18. The van der Waals surface area contributed by atoms with E-state index < -0.39 is 12.8 Å². The Bertz CT molecular complexity index is 222. The van der Waals surface area contributed by atoms with Crippen molar-refractivity contribution in [2.75, 3.05) is 7.11 Å². The van der Waals surface area contributed by atoms with Crippen LogP contribution in [0.1, 0.15) is 0 Å². The Hall–Kier alpha value is 1.12. The van der Waals surface area contributed by atoms with Crippen molar-refractivity contribution in [3.8, 4) is 0 Å². The van der Waals surface area contributed by atoms with Crippen molar-refractivity contribution in [1.82, 2.24) is 4.47 Å². The van der Waals surface area contributed by atoms with Gasteiger partial charge < -0.3 is 0 Å². The summed E-state index contributed by atoms with van der Waals surface area (Å²) < 4.78 is 9.30. The second-order valence-electron chi connectivity index (χ2n) is 1.42. The molecule has 0 amide bonds. The third-order valence-electron chi connectivity index (χ3n) is 0.604. The molecule has 0 aliphatic carbocycles. The van der Waals surface area contributed by atoms with Gasteiger partial charge in [0.2, 0.25) is 0 Å². The topological polar surface area (TPSA) is 55.6 Å². The third kappa shape index (κ3) is 4.05. The molecule has 0 aliphatic heterocycles. The summed E-state index contributed by atoms with van der Waals surface area (Å²) in [6, 6.07) is 0. The summed E-state index contributed by atoms with van der Waals surface area (Å²) in [4.78, 5) is 4.41. The van der Waals surface area contributed by atoms with Crippen molar-refractivity contribution < 1.29 is 9.05 Å². The first-order chi connectivity index (χ1) is 4.69. The van der Waals surface area contributed by atoms with Crippen LogP contribution in [0.4, 0.5) is 0 Å². The lowest BCUT2D eigenvalue weighted by molar-refractivity contribution is -0.0475. The van der Waals surface area contributed by atoms with Gasteiger partial charge in [0.1, 0.15) is 0 Å². The maximum Gasteiger partial charge on any atom is 0.283 e. The zero-order chi connectivity index (χ0) is 9.28. The minimum atomic E-state index is -3.32. The van der Waals surface area contributed by atoms with E-state index in [1.54, 1.807) is 0 Å². The monoisotopic (exact) mass is 258 g/mol. The third-order valence-corrected chi connectivity index (χ3v) is 2.66. The van der Waals surface area contributed by atoms with E-state index in [9.17, 15) is 4.21 Å². The molecule has 0 aromatic heterocycles. The number of nitrogens with two attached hydrogens (primary N) is 1. The number of halogens is 3. The maximum atomic E-state index is 10.9. The highest BCUT2D eigenvalue weighted by atomic mass is 35.6. The zero-order valence-electron chi connectivity index (χ0n) is 5.29. The van der Waals surface area contributed by atoms with Gasteiger partial charge in [0.15, 0.2) is 8.86 Å². The van der Waals surface area contributed by atoms with E-state index in [0.29, 0.717) is 4.47 Å². The molecule has 0 aliphatic rings. The molecule has 0 bridgehead atoms. The summed E-state index contributed by atoms with van der Waals surface area (Å²) in [5, 5.41) is 4.97. The molecule has 1 atom stereocenters. The fraction of sp³-hybridized carbons (Fsp3) is 1.00. The van der Waals surface area contributed by atoms with Gasteiger partial charge in [-0.2, -0.15) is 0 Å². The van der Waals surface area contributed by atoms with Gasteiger partial charge in [-0.15, -0.1) is 0 Å². The van der Waals surface area contributed by atoms with E-state index in [4.69, 9.17) is 39.9 Å². The second-order valence-corrected chi connectivity index (χ2v) is 6.44. The molecule has 1 unspecified atom stereocenters. The molecule has 0 radical (unpaired) electrons. The Morgan fingerprint density at radius 3 is 2.00 bits per heavy atom. The molecule has 0 aromatic rings. The highest BCUT2D eigenvalue weighted by Crippen LogP contribution is 2.32. The first-order valence-corrected chi connectivity index (χ1v) is 5.77. The summed E-state index contributed by atoms with van der Waals surface area (Å²) >= 11 is 20.2. The average molecular weight is 260 g/mol. The van der Waals surface area contributed by atoms with E-state index in [2.05, 4.69) is 16.0 Å². The molecule has 0 fully saturated rings. The van der Waals surface area contributed by atoms with E-state index >= 15 is 0 Å². The molecule has 2 N–H and O–H groups in total. The van der Waals surface area contributed by atoms with Crippen LogP contribution in [0.3, 0.4) is 0 Å². The van der Waals surface area contributed by atoms with Crippen LogP contribution in [0, 0.1) is 0 Å². The Morgan fingerprint density at radius 1 is 1.64 bits per heavy atom. The van der Waals surface area contributed by atoms with Crippen LogP contribution < -0.4 is 5.14 Å². The van der Waals surface area contributed by atoms with Crippen molar-refractivity contribution in [3.63, 3.8) is 0 Å². The van der Waals surface area contributed by atoms with Crippen molar-refractivity contribution in [3.05, 3.63) is 0 Å². The second kappa shape index (κ2) is 3.89. The number of hydroxylamine groups is 1. The smallest absolute Gasteiger partial charge is 0.283 e. The van der Waals surface area contributed by atoms with Crippen LogP contribution in [0.2, 0.25) is 0 Å². The summed E-state index contributed by atoms with van der Waals surface area (Å²) in [6.07, 6.45) is 0. The molecule has 0 aromatic carbocycles. The predicted molar refractivity (Wildman–Crippen MR) is 48.8 cm³/mol. The van der Waals surface area contributed by atoms with E-state index in [1.807, 2.05) is 0 Å². The lowest BCUT2D eigenvalue weighted by atomic mass is 11.4. The molecule has 68 valence electrons. The highest BCUT2D eigenvalue weighted by molar-refractivity contribution is 8.30. The van der Waals surface area contributed by atoms with E-state index in [1.165, 1.54) is 0 Å². The summed E-state index contributed by atoms with van der Waals surface area (Å²) in [5.41, 5.74) is 0. The number of nitrogens with zero attached hydrogens (tertiary/aromatic N) is 1. The SMILES string of the molecule is CON(C(Cl)(Cl)Cl)S(N)(=O)=S.